The monoisotopic (exact) mass is 334 g/mol. The van der Waals surface area contributed by atoms with Crippen molar-refractivity contribution in [1.29, 1.82) is 0 Å². The van der Waals surface area contributed by atoms with Crippen LogP contribution in [0, 0.1) is 0 Å². The maximum atomic E-state index is 11.6. The molecule has 0 atom stereocenters. The molecule has 134 valence electrons. The Bertz CT molecular complexity index is 537. The molecule has 6 nitrogen and oxygen atoms in total. The van der Waals surface area contributed by atoms with Crippen LogP contribution in [0.5, 0.6) is 0 Å². The molecule has 1 N–H and O–H groups in total. The van der Waals surface area contributed by atoms with E-state index in [2.05, 4.69) is 26.1 Å². The van der Waals surface area contributed by atoms with Gasteiger partial charge in [0, 0.05) is 25.7 Å². The lowest BCUT2D eigenvalue weighted by atomic mass is 9.94. The van der Waals surface area contributed by atoms with Gasteiger partial charge in [0.15, 0.2) is 0 Å². The first-order valence-electron chi connectivity index (χ1n) is 9.46. The van der Waals surface area contributed by atoms with Crippen molar-refractivity contribution in [2.75, 3.05) is 13.2 Å². The van der Waals surface area contributed by atoms with E-state index >= 15 is 0 Å². The first-order valence-corrected chi connectivity index (χ1v) is 9.46. The van der Waals surface area contributed by atoms with Crippen LogP contribution in [0.15, 0.2) is 6.07 Å². The third-order valence-corrected chi connectivity index (χ3v) is 5.04. The molecule has 0 unspecified atom stereocenters. The molecule has 2 aliphatic rings. The third-order valence-electron chi connectivity index (χ3n) is 5.04. The summed E-state index contributed by atoms with van der Waals surface area (Å²) in [6.45, 7) is 6.01. The zero-order valence-electron chi connectivity index (χ0n) is 14.8. The molecule has 0 aromatic carbocycles. The molecule has 1 amide bonds. The van der Waals surface area contributed by atoms with Crippen LogP contribution >= 0.6 is 0 Å². The fraction of sp³-hybridized carbons (Fsp3) is 0.778. The van der Waals surface area contributed by atoms with Gasteiger partial charge in [0.05, 0.1) is 24.5 Å². The quantitative estimate of drug-likeness (QED) is 0.899. The highest BCUT2D eigenvalue weighted by atomic mass is 16.5. The molecule has 1 fully saturated rings. The van der Waals surface area contributed by atoms with Gasteiger partial charge in [-0.25, -0.2) is 4.79 Å². The zero-order valence-corrected chi connectivity index (χ0v) is 14.8. The Labute approximate surface area is 144 Å². The van der Waals surface area contributed by atoms with Crippen LogP contribution in [-0.2, 0) is 24.4 Å². The number of rotatable bonds is 5. The van der Waals surface area contributed by atoms with Gasteiger partial charge in [-0.05, 0) is 31.7 Å². The largest absolute Gasteiger partial charge is 0.450 e. The van der Waals surface area contributed by atoms with Gasteiger partial charge in [-0.1, -0.05) is 26.2 Å². The fourth-order valence-corrected chi connectivity index (χ4v) is 3.80. The molecule has 2 heterocycles. The molecule has 0 bridgehead atoms. The van der Waals surface area contributed by atoms with Crippen molar-refractivity contribution in [1.82, 2.24) is 20.0 Å². The number of hydrogen-bond acceptors (Lipinski definition) is 4. The number of hydrogen-bond donors (Lipinski definition) is 1. The first kappa shape index (κ1) is 17.3. The van der Waals surface area contributed by atoms with Crippen LogP contribution in [0.25, 0.3) is 0 Å². The van der Waals surface area contributed by atoms with E-state index in [0.717, 1.165) is 37.7 Å². The van der Waals surface area contributed by atoms with Crippen LogP contribution in [0.3, 0.4) is 0 Å². The van der Waals surface area contributed by atoms with Crippen LogP contribution < -0.4 is 5.32 Å². The summed E-state index contributed by atoms with van der Waals surface area (Å²) >= 11 is 0. The molecule has 0 saturated heterocycles. The number of alkyl carbamates (subject to hydrolysis) is 1. The summed E-state index contributed by atoms with van der Waals surface area (Å²) < 4.78 is 7.16. The van der Waals surface area contributed by atoms with Crippen molar-refractivity contribution in [3.63, 3.8) is 0 Å². The van der Waals surface area contributed by atoms with E-state index in [0.29, 0.717) is 13.2 Å². The lowest BCUT2D eigenvalue weighted by molar-refractivity contribution is 0.145. The molecule has 1 saturated carbocycles. The van der Waals surface area contributed by atoms with Crippen molar-refractivity contribution in [3.05, 3.63) is 17.5 Å². The summed E-state index contributed by atoms with van der Waals surface area (Å²) in [6.07, 6.45) is 8.44. The summed E-state index contributed by atoms with van der Waals surface area (Å²) in [5, 5.41) is 7.44. The number of fused-ring (bicyclic) bond motifs is 1. The number of amides is 1. The van der Waals surface area contributed by atoms with Gasteiger partial charge in [-0.2, -0.15) is 5.10 Å². The summed E-state index contributed by atoms with van der Waals surface area (Å²) in [6, 6.07) is 2.88. The van der Waals surface area contributed by atoms with E-state index in [1.807, 2.05) is 6.92 Å². The van der Waals surface area contributed by atoms with Crippen molar-refractivity contribution < 1.29 is 9.53 Å². The SMILES string of the molecule is CCCOC(=O)NCc1cc2n(n1)CCCN(C1CCCCC1)C2. The first-order chi connectivity index (χ1) is 11.8. The van der Waals surface area contributed by atoms with E-state index in [4.69, 9.17) is 4.74 Å². The van der Waals surface area contributed by atoms with Crippen LogP contribution in [0.2, 0.25) is 0 Å². The average Bonchev–Trinajstić information content (AvgIpc) is 2.89. The highest BCUT2D eigenvalue weighted by molar-refractivity contribution is 5.67. The number of ether oxygens (including phenoxy) is 1. The Morgan fingerprint density at radius 3 is 2.92 bits per heavy atom. The number of aryl methyl sites for hydroxylation is 1. The number of carbonyl (C=O) groups excluding carboxylic acids is 1. The molecule has 1 aliphatic carbocycles. The summed E-state index contributed by atoms with van der Waals surface area (Å²) in [5.41, 5.74) is 2.20. The minimum absolute atomic E-state index is 0.358. The molecule has 0 spiro atoms. The van der Waals surface area contributed by atoms with Crippen molar-refractivity contribution >= 4 is 6.09 Å². The Balaban J connectivity index is 1.57. The van der Waals surface area contributed by atoms with E-state index < -0.39 is 0 Å². The highest BCUT2D eigenvalue weighted by Crippen LogP contribution is 2.25. The standard InChI is InChI=1S/C18H30N4O2/c1-2-11-24-18(23)19-13-15-12-17-14-21(9-6-10-22(17)20-15)16-7-4-3-5-8-16/h12,16H,2-11,13-14H2,1H3,(H,19,23). The van der Waals surface area contributed by atoms with E-state index in [1.54, 1.807) is 0 Å². The van der Waals surface area contributed by atoms with Crippen LogP contribution in [-0.4, -0.2) is 40.0 Å². The van der Waals surface area contributed by atoms with Crippen LogP contribution in [0.4, 0.5) is 4.79 Å². The second kappa shape index (κ2) is 8.51. The molecular formula is C18H30N4O2. The maximum Gasteiger partial charge on any atom is 0.407 e. The van der Waals surface area contributed by atoms with E-state index in [9.17, 15) is 4.79 Å². The molecule has 1 aliphatic heterocycles. The fourth-order valence-electron chi connectivity index (χ4n) is 3.80. The topological polar surface area (TPSA) is 59.4 Å². The van der Waals surface area contributed by atoms with Crippen molar-refractivity contribution in [3.8, 4) is 0 Å². The van der Waals surface area contributed by atoms with E-state index in [-0.39, 0.29) is 6.09 Å². The minimum Gasteiger partial charge on any atom is -0.450 e. The van der Waals surface area contributed by atoms with E-state index in [1.165, 1.54) is 44.3 Å². The molecular weight excluding hydrogens is 304 g/mol. The Morgan fingerprint density at radius 1 is 1.29 bits per heavy atom. The summed E-state index contributed by atoms with van der Waals surface area (Å²) in [7, 11) is 0. The van der Waals surface area contributed by atoms with Gasteiger partial charge >= 0.3 is 6.09 Å². The lowest BCUT2D eigenvalue weighted by Crippen LogP contribution is -2.36. The number of nitrogens with one attached hydrogen (secondary N) is 1. The van der Waals surface area contributed by atoms with Gasteiger partial charge in [-0.3, -0.25) is 9.58 Å². The Morgan fingerprint density at radius 2 is 2.12 bits per heavy atom. The van der Waals surface area contributed by atoms with Gasteiger partial charge in [0.2, 0.25) is 0 Å². The predicted molar refractivity (Wildman–Crippen MR) is 92.6 cm³/mol. The molecule has 1 aromatic rings. The average molecular weight is 334 g/mol. The van der Waals surface area contributed by atoms with Gasteiger partial charge in [0.1, 0.15) is 0 Å². The predicted octanol–water partition coefficient (Wildman–Crippen LogP) is 3.06. The molecule has 3 rings (SSSR count). The number of carbonyl (C=O) groups is 1. The van der Waals surface area contributed by atoms with Gasteiger partial charge in [-0.15, -0.1) is 0 Å². The normalized spacial score (nSPS) is 19.5. The molecule has 1 aromatic heterocycles. The van der Waals surface area contributed by atoms with Gasteiger partial charge < -0.3 is 10.1 Å². The van der Waals surface area contributed by atoms with Gasteiger partial charge in [0.25, 0.3) is 0 Å². The molecule has 24 heavy (non-hydrogen) atoms. The summed E-state index contributed by atoms with van der Waals surface area (Å²) in [4.78, 5) is 14.2. The number of nitrogens with zero attached hydrogens (tertiary/aromatic N) is 3. The van der Waals surface area contributed by atoms with Crippen molar-refractivity contribution in [2.45, 2.75) is 77.5 Å². The molecule has 0 radical (unpaired) electrons. The summed E-state index contributed by atoms with van der Waals surface area (Å²) in [5.74, 6) is 0. The highest BCUT2D eigenvalue weighted by Gasteiger charge is 2.24. The second-order valence-corrected chi connectivity index (χ2v) is 6.96. The number of aromatic nitrogens is 2. The third kappa shape index (κ3) is 4.50. The lowest BCUT2D eigenvalue weighted by Gasteiger charge is -2.33. The Kier molecular flexibility index (Phi) is 6.12. The zero-order chi connectivity index (χ0) is 16.8. The maximum absolute atomic E-state index is 11.6. The Hall–Kier alpha value is -1.56. The second-order valence-electron chi connectivity index (χ2n) is 6.96. The molecule has 6 heteroatoms. The smallest absolute Gasteiger partial charge is 0.407 e. The van der Waals surface area contributed by atoms with Crippen molar-refractivity contribution in [2.24, 2.45) is 0 Å². The minimum atomic E-state index is -0.358. The van der Waals surface area contributed by atoms with Crippen LogP contribution in [0.1, 0.15) is 63.3 Å².